The van der Waals surface area contributed by atoms with Crippen molar-refractivity contribution in [3.63, 3.8) is 0 Å². The minimum atomic E-state index is 0.638. The summed E-state index contributed by atoms with van der Waals surface area (Å²) in [5.41, 5.74) is 2.73. The molecule has 0 spiro atoms. The molecule has 2 atom stereocenters. The molecular weight excluding hydrogens is 232 g/mol. The Morgan fingerprint density at radius 3 is 2.63 bits per heavy atom. The molecule has 0 radical (unpaired) electrons. The lowest BCUT2D eigenvalue weighted by molar-refractivity contribution is 0.348. The molecule has 1 fully saturated rings. The van der Waals surface area contributed by atoms with Gasteiger partial charge in [-0.1, -0.05) is 26.0 Å². The second kappa shape index (κ2) is 6.95. The topological polar surface area (TPSA) is 15.3 Å². The summed E-state index contributed by atoms with van der Waals surface area (Å²) in [5.74, 6) is 0.667. The molecule has 1 aromatic carbocycles. The Balaban J connectivity index is 1.91. The summed E-state index contributed by atoms with van der Waals surface area (Å²) in [6, 6.07) is 9.68. The first kappa shape index (κ1) is 14.4. The van der Waals surface area contributed by atoms with E-state index in [1.54, 1.807) is 0 Å². The van der Waals surface area contributed by atoms with E-state index in [-0.39, 0.29) is 0 Å². The summed E-state index contributed by atoms with van der Waals surface area (Å²) < 4.78 is 0. The number of hydrogen-bond donors (Lipinski definition) is 1. The molecule has 0 saturated carbocycles. The van der Waals surface area contributed by atoms with E-state index in [1.165, 1.54) is 50.0 Å². The van der Waals surface area contributed by atoms with Crippen LogP contribution in [0.5, 0.6) is 0 Å². The third kappa shape index (κ3) is 4.24. The van der Waals surface area contributed by atoms with Crippen LogP contribution in [0.15, 0.2) is 24.3 Å². The van der Waals surface area contributed by atoms with Crippen molar-refractivity contribution in [1.82, 2.24) is 4.90 Å². The molecule has 19 heavy (non-hydrogen) atoms. The van der Waals surface area contributed by atoms with Gasteiger partial charge in [0.25, 0.3) is 0 Å². The predicted molar refractivity (Wildman–Crippen MR) is 83.9 cm³/mol. The van der Waals surface area contributed by atoms with Gasteiger partial charge in [-0.2, -0.15) is 0 Å². The fourth-order valence-corrected chi connectivity index (χ4v) is 2.76. The highest BCUT2D eigenvalue weighted by Gasteiger charge is 2.14. The fraction of sp³-hybridized carbons (Fsp3) is 0.647. The zero-order valence-electron chi connectivity index (χ0n) is 12.7. The largest absolute Gasteiger partial charge is 0.382 e. The Labute approximate surface area is 118 Å². The molecule has 2 nitrogen and oxygen atoms in total. The normalized spacial score (nSPS) is 22.8. The molecule has 1 aromatic rings. The Morgan fingerprint density at radius 2 is 1.95 bits per heavy atom. The number of anilines is 1. The van der Waals surface area contributed by atoms with Crippen LogP contribution >= 0.6 is 0 Å². The molecule has 1 saturated heterocycles. The lowest BCUT2D eigenvalue weighted by atomic mass is 9.98. The van der Waals surface area contributed by atoms with Gasteiger partial charge >= 0.3 is 0 Å². The highest BCUT2D eigenvalue weighted by Crippen LogP contribution is 2.22. The first-order valence-corrected chi connectivity index (χ1v) is 7.74. The quantitative estimate of drug-likeness (QED) is 0.877. The van der Waals surface area contributed by atoms with Gasteiger partial charge in [0.15, 0.2) is 0 Å². The second-order valence-electron chi connectivity index (χ2n) is 6.01. The van der Waals surface area contributed by atoms with Gasteiger partial charge in [0.05, 0.1) is 0 Å². The average molecular weight is 260 g/mol. The van der Waals surface area contributed by atoms with Gasteiger partial charge in [0, 0.05) is 11.7 Å². The van der Waals surface area contributed by atoms with Gasteiger partial charge in [-0.15, -0.1) is 0 Å². The number of nitrogens with one attached hydrogen (secondary N) is 1. The molecule has 0 amide bonds. The Morgan fingerprint density at radius 1 is 1.21 bits per heavy atom. The highest BCUT2D eigenvalue weighted by molar-refractivity contribution is 5.46. The van der Waals surface area contributed by atoms with Crippen LogP contribution in [0.25, 0.3) is 0 Å². The van der Waals surface area contributed by atoms with Crippen molar-refractivity contribution >= 4 is 5.69 Å². The van der Waals surface area contributed by atoms with Crippen LogP contribution in [-0.2, 0) is 0 Å². The number of nitrogens with zero attached hydrogens (tertiary/aromatic N) is 1. The zero-order chi connectivity index (χ0) is 13.7. The smallest absolute Gasteiger partial charge is 0.0342 e. The molecule has 1 aliphatic heterocycles. The van der Waals surface area contributed by atoms with E-state index in [2.05, 4.69) is 55.4 Å². The SMILES string of the molecule is CCC(C)c1ccc(NC2CCCN(C)CC2)cc1. The van der Waals surface area contributed by atoms with E-state index in [1.807, 2.05) is 0 Å². The molecule has 0 bridgehead atoms. The fourth-order valence-electron chi connectivity index (χ4n) is 2.76. The number of hydrogen-bond acceptors (Lipinski definition) is 2. The summed E-state index contributed by atoms with van der Waals surface area (Å²) >= 11 is 0. The third-order valence-corrected chi connectivity index (χ3v) is 4.41. The summed E-state index contributed by atoms with van der Waals surface area (Å²) in [4.78, 5) is 2.44. The van der Waals surface area contributed by atoms with Gasteiger partial charge in [-0.05, 0) is 69.4 Å². The first-order valence-electron chi connectivity index (χ1n) is 7.74. The van der Waals surface area contributed by atoms with Crippen molar-refractivity contribution < 1.29 is 0 Å². The Hall–Kier alpha value is -1.02. The molecule has 2 rings (SSSR count). The lowest BCUT2D eigenvalue weighted by Gasteiger charge is -2.19. The standard InChI is InChI=1S/C17H28N2/c1-4-14(2)15-7-9-17(10-8-15)18-16-6-5-12-19(3)13-11-16/h7-10,14,16,18H,4-6,11-13H2,1-3H3. The summed E-state index contributed by atoms with van der Waals surface area (Å²) in [7, 11) is 2.23. The average Bonchev–Trinajstić information content (AvgIpc) is 2.64. The maximum absolute atomic E-state index is 3.70. The molecule has 1 heterocycles. The van der Waals surface area contributed by atoms with Crippen LogP contribution in [0.4, 0.5) is 5.69 Å². The monoisotopic (exact) mass is 260 g/mol. The summed E-state index contributed by atoms with van der Waals surface area (Å²) in [5, 5.41) is 3.70. The van der Waals surface area contributed by atoms with Crippen LogP contribution in [0.2, 0.25) is 0 Å². The maximum Gasteiger partial charge on any atom is 0.0342 e. The molecule has 1 N–H and O–H groups in total. The highest BCUT2D eigenvalue weighted by atomic mass is 15.1. The van der Waals surface area contributed by atoms with Gasteiger partial charge in [-0.3, -0.25) is 0 Å². The van der Waals surface area contributed by atoms with Gasteiger partial charge in [-0.25, -0.2) is 0 Å². The van der Waals surface area contributed by atoms with Gasteiger partial charge in [0.2, 0.25) is 0 Å². The second-order valence-corrected chi connectivity index (χ2v) is 6.01. The predicted octanol–water partition coefficient (Wildman–Crippen LogP) is 4.10. The maximum atomic E-state index is 3.70. The molecule has 0 aromatic heterocycles. The van der Waals surface area contributed by atoms with Crippen molar-refractivity contribution in [3.05, 3.63) is 29.8 Å². The lowest BCUT2D eigenvalue weighted by Crippen LogP contribution is -2.22. The van der Waals surface area contributed by atoms with Crippen LogP contribution in [0.3, 0.4) is 0 Å². The van der Waals surface area contributed by atoms with E-state index >= 15 is 0 Å². The summed E-state index contributed by atoms with van der Waals surface area (Å²) in [6.07, 6.45) is 5.06. The molecule has 106 valence electrons. The van der Waals surface area contributed by atoms with E-state index in [0.29, 0.717) is 12.0 Å². The van der Waals surface area contributed by atoms with Crippen molar-refractivity contribution in [3.8, 4) is 0 Å². The molecular formula is C17H28N2. The number of benzene rings is 1. The molecule has 0 aliphatic carbocycles. The Bertz CT molecular complexity index is 371. The third-order valence-electron chi connectivity index (χ3n) is 4.41. The van der Waals surface area contributed by atoms with Crippen molar-refractivity contribution in [2.24, 2.45) is 0 Å². The first-order chi connectivity index (χ1) is 9.19. The molecule has 2 heteroatoms. The van der Waals surface area contributed by atoms with E-state index < -0.39 is 0 Å². The minimum Gasteiger partial charge on any atom is -0.382 e. The van der Waals surface area contributed by atoms with E-state index in [9.17, 15) is 0 Å². The molecule has 2 unspecified atom stereocenters. The van der Waals surface area contributed by atoms with Crippen molar-refractivity contribution in [1.29, 1.82) is 0 Å². The Kier molecular flexibility index (Phi) is 5.26. The summed E-state index contributed by atoms with van der Waals surface area (Å²) in [6.45, 7) is 7.00. The number of rotatable bonds is 4. The van der Waals surface area contributed by atoms with Crippen LogP contribution < -0.4 is 5.32 Å². The molecule has 1 aliphatic rings. The van der Waals surface area contributed by atoms with Gasteiger partial charge in [0.1, 0.15) is 0 Å². The van der Waals surface area contributed by atoms with E-state index in [4.69, 9.17) is 0 Å². The van der Waals surface area contributed by atoms with Crippen molar-refractivity contribution in [2.45, 2.75) is 51.5 Å². The van der Waals surface area contributed by atoms with Crippen molar-refractivity contribution in [2.75, 3.05) is 25.5 Å². The van der Waals surface area contributed by atoms with Crippen LogP contribution in [0.1, 0.15) is 51.0 Å². The minimum absolute atomic E-state index is 0.638. The van der Waals surface area contributed by atoms with Crippen LogP contribution in [-0.4, -0.2) is 31.1 Å². The number of likely N-dealkylation sites (tertiary alicyclic amines) is 1. The van der Waals surface area contributed by atoms with E-state index in [0.717, 1.165) is 0 Å². The zero-order valence-corrected chi connectivity index (χ0v) is 12.7. The van der Waals surface area contributed by atoms with Crippen LogP contribution in [0, 0.1) is 0 Å². The van der Waals surface area contributed by atoms with Gasteiger partial charge < -0.3 is 10.2 Å².